The lowest BCUT2D eigenvalue weighted by Crippen LogP contribution is -2.28. The van der Waals surface area contributed by atoms with Crippen LogP contribution in [0.1, 0.15) is 25.7 Å². The second-order valence-corrected chi connectivity index (χ2v) is 6.49. The van der Waals surface area contributed by atoms with Crippen LogP contribution in [0.3, 0.4) is 0 Å². The van der Waals surface area contributed by atoms with Crippen LogP contribution in [-0.4, -0.2) is 38.0 Å². The van der Waals surface area contributed by atoms with Crippen LogP contribution in [0, 0.1) is 0 Å². The maximum absolute atomic E-state index is 12.3. The van der Waals surface area contributed by atoms with Crippen molar-refractivity contribution in [1.29, 1.82) is 0 Å². The van der Waals surface area contributed by atoms with Crippen LogP contribution < -0.4 is 10.5 Å². The number of hydrogen-bond acceptors (Lipinski definition) is 5. The first-order valence-corrected chi connectivity index (χ1v) is 8.45. The van der Waals surface area contributed by atoms with Gasteiger partial charge in [-0.1, -0.05) is 11.6 Å². The summed E-state index contributed by atoms with van der Waals surface area (Å²) >= 11 is 5.94. The summed E-state index contributed by atoms with van der Waals surface area (Å²) in [5, 5.41) is 14.7. The number of aliphatic hydroxyl groups is 1. The van der Waals surface area contributed by atoms with E-state index in [-0.39, 0.29) is 18.2 Å². The Bertz CT molecular complexity index is 917. The van der Waals surface area contributed by atoms with Crippen molar-refractivity contribution in [3.05, 3.63) is 51.7 Å². The molecule has 0 unspecified atom stereocenters. The molecule has 0 amide bonds. The van der Waals surface area contributed by atoms with E-state index in [4.69, 9.17) is 11.6 Å². The lowest BCUT2D eigenvalue weighted by molar-refractivity contribution is 0.301. The zero-order valence-electron chi connectivity index (χ0n) is 14.1. The monoisotopic (exact) mass is 361 g/mol. The Morgan fingerprint density at radius 1 is 1.32 bits per heavy atom. The molecule has 2 heterocycles. The third-order valence-corrected chi connectivity index (χ3v) is 4.16. The molecule has 0 aliphatic carbocycles. The Labute approximate surface area is 149 Å². The highest BCUT2D eigenvalue weighted by atomic mass is 35.5. The number of hydrogen-bond donors (Lipinski definition) is 2. The fraction of sp³-hybridized carbons (Fsp3) is 0.353. The smallest absolute Gasteiger partial charge is 0.262 e. The van der Waals surface area contributed by atoms with Gasteiger partial charge in [-0.3, -0.25) is 4.79 Å². The first-order chi connectivity index (χ1) is 12.0. The zero-order chi connectivity index (χ0) is 18.0. The molecule has 0 spiro atoms. The molecular formula is C17H20ClN5O2. The molecule has 8 heteroatoms. The Kier molecular flexibility index (Phi) is 5.06. The van der Waals surface area contributed by atoms with E-state index >= 15 is 0 Å². The maximum atomic E-state index is 12.3. The predicted molar refractivity (Wildman–Crippen MR) is 98.1 cm³/mol. The number of nitrogens with zero attached hydrogens (tertiary/aromatic N) is 4. The number of anilines is 1. The molecule has 132 valence electrons. The molecule has 0 fully saturated rings. The van der Waals surface area contributed by atoms with Crippen molar-refractivity contribution >= 4 is 28.3 Å². The highest BCUT2D eigenvalue weighted by molar-refractivity contribution is 6.30. The van der Waals surface area contributed by atoms with Gasteiger partial charge < -0.3 is 15.0 Å². The average molecular weight is 362 g/mol. The van der Waals surface area contributed by atoms with Gasteiger partial charge >= 0.3 is 0 Å². The third-order valence-electron chi connectivity index (χ3n) is 3.90. The van der Waals surface area contributed by atoms with E-state index in [2.05, 4.69) is 15.1 Å². The lowest BCUT2D eigenvalue weighted by Gasteiger charge is -2.23. The van der Waals surface area contributed by atoms with E-state index in [1.54, 1.807) is 16.8 Å². The number of aromatic amines is 1. The minimum atomic E-state index is -0.216. The SMILES string of the molecule is CC(C)n1ncc2c(=O)[nH]c(CN(CCO)c3ccc(Cl)cc3)nc21. The molecule has 0 aliphatic heterocycles. The minimum absolute atomic E-state index is 0.0149. The van der Waals surface area contributed by atoms with Crippen molar-refractivity contribution in [2.75, 3.05) is 18.1 Å². The molecular weight excluding hydrogens is 342 g/mol. The number of nitrogens with one attached hydrogen (secondary N) is 1. The Balaban J connectivity index is 1.98. The zero-order valence-corrected chi connectivity index (χ0v) is 14.9. The van der Waals surface area contributed by atoms with Crippen LogP contribution in [-0.2, 0) is 6.54 Å². The van der Waals surface area contributed by atoms with E-state index in [0.717, 1.165) is 5.69 Å². The number of halogens is 1. The van der Waals surface area contributed by atoms with E-state index < -0.39 is 0 Å². The first-order valence-electron chi connectivity index (χ1n) is 8.07. The summed E-state index contributed by atoms with van der Waals surface area (Å²) < 4.78 is 1.73. The summed E-state index contributed by atoms with van der Waals surface area (Å²) in [6.45, 7) is 4.73. The van der Waals surface area contributed by atoms with Crippen molar-refractivity contribution in [1.82, 2.24) is 19.7 Å². The van der Waals surface area contributed by atoms with E-state index in [0.29, 0.717) is 35.0 Å². The van der Waals surface area contributed by atoms with Gasteiger partial charge in [0.1, 0.15) is 11.2 Å². The van der Waals surface area contributed by atoms with Gasteiger partial charge in [0.05, 0.1) is 19.3 Å². The molecule has 1 aromatic carbocycles. The van der Waals surface area contributed by atoms with Crippen molar-refractivity contribution < 1.29 is 5.11 Å². The van der Waals surface area contributed by atoms with Gasteiger partial charge in [-0.05, 0) is 38.1 Å². The van der Waals surface area contributed by atoms with Gasteiger partial charge in [0.2, 0.25) is 0 Å². The number of aromatic nitrogens is 4. The van der Waals surface area contributed by atoms with Crippen LogP contribution in [0.4, 0.5) is 5.69 Å². The number of H-pyrrole nitrogens is 1. The Hall–Kier alpha value is -2.38. The Morgan fingerprint density at radius 2 is 2.04 bits per heavy atom. The van der Waals surface area contributed by atoms with Crippen molar-refractivity contribution in [3.63, 3.8) is 0 Å². The number of rotatable bonds is 6. The van der Waals surface area contributed by atoms with Gasteiger partial charge in [-0.2, -0.15) is 5.10 Å². The van der Waals surface area contributed by atoms with Crippen molar-refractivity contribution in [2.45, 2.75) is 26.4 Å². The highest BCUT2D eigenvalue weighted by Gasteiger charge is 2.14. The first kappa shape index (κ1) is 17.4. The predicted octanol–water partition coefficient (Wildman–Crippen LogP) is 2.35. The highest BCUT2D eigenvalue weighted by Crippen LogP contribution is 2.20. The average Bonchev–Trinajstić information content (AvgIpc) is 3.00. The molecule has 0 aliphatic rings. The van der Waals surface area contributed by atoms with Crippen LogP contribution in [0.2, 0.25) is 5.02 Å². The molecule has 3 rings (SSSR count). The molecule has 0 bridgehead atoms. The van der Waals surface area contributed by atoms with Crippen LogP contribution in [0.15, 0.2) is 35.3 Å². The summed E-state index contributed by atoms with van der Waals surface area (Å²) in [6.07, 6.45) is 1.54. The Morgan fingerprint density at radius 3 is 2.68 bits per heavy atom. The van der Waals surface area contributed by atoms with Crippen molar-refractivity contribution in [2.24, 2.45) is 0 Å². The molecule has 0 radical (unpaired) electrons. The molecule has 2 aromatic heterocycles. The second-order valence-electron chi connectivity index (χ2n) is 6.05. The summed E-state index contributed by atoms with van der Waals surface area (Å²) in [7, 11) is 0. The summed E-state index contributed by atoms with van der Waals surface area (Å²) in [4.78, 5) is 21.6. The topological polar surface area (TPSA) is 87.0 Å². The van der Waals surface area contributed by atoms with Gasteiger partial charge in [-0.15, -0.1) is 0 Å². The van der Waals surface area contributed by atoms with Crippen LogP contribution in [0.5, 0.6) is 0 Å². The minimum Gasteiger partial charge on any atom is -0.395 e. The second kappa shape index (κ2) is 7.25. The molecule has 25 heavy (non-hydrogen) atoms. The molecule has 0 saturated heterocycles. The quantitative estimate of drug-likeness (QED) is 0.703. The standard InChI is InChI=1S/C17H20ClN5O2/c1-11(2)23-16-14(9-19-23)17(25)21-15(20-16)10-22(7-8-24)13-5-3-12(18)4-6-13/h3-6,9,11,24H,7-8,10H2,1-2H3,(H,20,21,25). The third kappa shape index (κ3) is 3.67. The molecule has 3 aromatic rings. The summed E-state index contributed by atoms with van der Waals surface area (Å²) in [6, 6.07) is 7.41. The lowest BCUT2D eigenvalue weighted by atomic mass is 10.2. The molecule has 0 saturated carbocycles. The van der Waals surface area contributed by atoms with Crippen LogP contribution >= 0.6 is 11.6 Å². The fourth-order valence-electron chi connectivity index (χ4n) is 2.69. The number of fused-ring (bicyclic) bond motifs is 1. The van der Waals surface area contributed by atoms with E-state index in [1.807, 2.05) is 30.9 Å². The van der Waals surface area contributed by atoms with Gasteiger partial charge in [0, 0.05) is 23.3 Å². The van der Waals surface area contributed by atoms with Crippen molar-refractivity contribution in [3.8, 4) is 0 Å². The molecule has 2 N–H and O–H groups in total. The number of aliphatic hydroxyl groups excluding tert-OH is 1. The fourth-order valence-corrected chi connectivity index (χ4v) is 2.81. The molecule has 0 atom stereocenters. The van der Waals surface area contributed by atoms with Gasteiger partial charge in [-0.25, -0.2) is 9.67 Å². The number of benzene rings is 1. The van der Waals surface area contributed by atoms with Gasteiger partial charge in [0.15, 0.2) is 5.65 Å². The normalized spacial score (nSPS) is 11.4. The summed E-state index contributed by atoms with van der Waals surface area (Å²) in [5.41, 5.74) is 1.24. The summed E-state index contributed by atoms with van der Waals surface area (Å²) in [5.74, 6) is 0.517. The van der Waals surface area contributed by atoms with Crippen LogP contribution in [0.25, 0.3) is 11.0 Å². The van der Waals surface area contributed by atoms with Gasteiger partial charge in [0.25, 0.3) is 5.56 Å². The van der Waals surface area contributed by atoms with E-state index in [1.165, 1.54) is 6.20 Å². The maximum Gasteiger partial charge on any atom is 0.262 e. The largest absolute Gasteiger partial charge is 0.395 e. The van der Waals surface area contributed by atoms with E-state index in [9.17, 15) is 9.90 Å². The molecule has 7 nitrogen and oxygen atoms in total.